The van der Waals surface area contributed by atoms with Crippen LogP contribution in [0.5, 0.6) is 5.75 Å². The minimum atomic E-state index is -1.60. The van der Waals surface area contributed by atoms with Crippen LogP contribution in [0.1, 0.15) is 5.56 Å². The lowest BCUT2D eigenvalue weighted by Gasteiger charge is -2.05. The van der Waals surface area contributed by atoms with E-state index in [9.17, 15) is 14.9 Å². The van der Waals surface area contributed by atoms with Crippen molar-refractivity contribution in [2.75, 3.05) is 0 Å². The molecule has 21 heavy (non-hydrogen) atoms. The highest BCUT2D eigenvalue weighted by atomic mass is 16.7. The van der Waals surface area contributed by atoms with E-state index in [1.807, 2.05) is 12.1 Å². The second-order valence-electron chi connectivity index (χ2n) is 4.13. The van der Waals surface area contributed by atoms with Crippen molar-refractivity contribution < 1.29 is 19.6 Å². The molecule has 0 aliphatic heterocycles. The van der Waals surface area contributed by atoms with Crippen LogP contribution in [0, 0.1) is 10.1 Å². The molecule has 2 aromatic rings. The number of nitrogens with zero attached hydrogens (tertiary/aromatic N) is 1. The zero-order valence-electron chi connectivity index (χ0n) is 10.9. The fourth-order valence-corrected chi connectivity index (χ4v) is 1.83. The van der Waals surface area contributed by atoms with Gasteiger partial charge in [-0.25, -0.2) is 4.79 Å². The van der Waals surface area contributed by atoms with E-state index in [1.165, 1.54) is 12.1 Å². The molecule has 2 rings (SSSR count). The summed E-state index contributed by atoms with van der Waals surface area (Å²) < 4.78 is 4.40. The van der Waals surface area contributed by atoms with Gasteiger partial charge in [0.2, 0.25) is 5.75 Å². The van der Waals surface area contributed by atoms with Crippen molar-refractivity contribution in [1.82, 2.24) is 0 Å². The molecule has 0 bridgehead atoms. The van der Waals surface area contributed by atoms with Crippen LogP contribution in [0.2, 0.25) is 0 Å². The van der Waals surface area contributed by atoms with Gasteiger partial charge in [0.15, 0.2) is 0 Å². The molecule has 0 heterocycles. The molecule has 6 heteroatoms. The Morgan fingerprint density at radius 1 is 1.19 bits per heavy atom. The summed E-state index contributed by atoms with van der Waals surface area (Å²) in [6, 6.07) is 11.4. The van der Waals surface area contributed by atoms with Crippen LogP contribution < -0.4 is 4.74 Å². The van der Waals surface area contributed by atoms with Gasteiger partial charge in [0.1, 0.15) is 0 Å². The van der Waals surface area contributed by atoms with Gasteiger partial charge in [-0.3, -0.25) is 10.1 Å². The molecule has 6 nitrogen and oxygen atoms in total. The van der Waals surface area contributed by atoms with Crippen molar-refractivity contribution in [1.29, 1.82) is 0 Å². The molecule has 2 aromatic carbocycles. The smallest absolute Gasteiger partial charge is 0.449 e. The summed E-state index contributed by atoms with van der Waals surface area (Å²) in [6.45, 7) is 3.65. The van der Waals surface area contributed by atoms with Gasteiger partial charge in [0.05, 0.1) is 4.92 Å². The fraction of sp³-hybridized carbons (Fsp3) is 0. The molecule has 0 spiro atoms. The Labute approximate surface area is 120 Å². The summed E-state index contributed by atoms with van der Waals surface area (Å²) in [7, 11) is 0. The number of ether oxygens (including phenoxy) is 1. The first-order valence-electron chi connectivity index (χ1n) is 5.93. The third-order valence-corrected chi connectivity index (χ3v) is 2.83. The summed E-state index contributed by atoms with van der Waals surface area (Å²) in [5, 5.41) is 19.6. The van der Waals surface area contributed by atoms with Crippen LogP contribution >= 0.6 is 0 Å². The van der Waals surface area contributed by atoms with E-state index in [0.29, 0.717) is 5.56 Å². The lowest BCUT2D eigenvalue weighted by Crippen LogP contribution is -2.05. The average molecular weight is 285 g/mol. The highest BCUT2D eigenvalue weighted by Crippen LogP contribution is 2.32. The van der Waals surface area contributed by atoms with E-state index >= 15 is 0 Å². The van der Waals surface area contributed by atoms with E-state index in [1.54, 1.807) is 24.3 Å². The molecule has 1 N–H and O–H groups in total. The number of nitro groups is 1. The van der Waals surface area contributed by atoms with Crippen LogP contribution in [0.3, 0.4) is 0 Å². The molecule has 0 saturated carbocycles. The number of carbonyl (C=O) groups is 1. The molecule has 0 aliphatic rings. The third kappa shape index (κ3) is 3.24. The van der Waals surface area contributed by atoms with Gasteiger partial charge in [-0.2, -0.15) is 0 Å². The van der Waals surface area contributed by atoms with Crippen molar-refractivity contribution >= 4 is 17.9 Å². The molecule has 0 aromatic heterocycles. The van der Waals surface area contributed by atoms with Crippen molar-refractivity contribution in [2.45, 2.75) is 0 Å². The van der Waals surface area contributed by atoms with Gasteiger partial charge in [-0.1, -0.05) is 43.0 Å². The second kappa shape index (κ2) is 5.87. The van der Waals surface area contributed by atoms with Crippen molar-refractivity contribution in [3.8, 4) is 16.9 Å². The summed E-state index contributed by atoms with van der Waals surface area (Å²) >= 11 is 0. The number of hydrogen-bond donors (Lipinski definition) is 1. The Hall–Kier alpha value is -3.15. The summed E-state index contributed by atoms with van der Waals surface area (Å²) in [6.07, 6.45) is 0.0944. The predicted octanol–water partition coefficient (Wildman–Crippen LogP) is 3.96. The monoisotopic (exact) mass is 285 g/mol. The molecule has 0 fully saturated rings. The first-order valence-corrected chi connectivity index (χ1v) is 5.93. The van der Waals surface area contributed by atoms with Gasteiger partial charge >= 0.3 is 11.8 Å². The summed E-state index contributed by atoms with van der Waals surface area (Å²) in [4.78, 5) is 20.8. The number of hydrogen-bond acceptors (Lipinski definition) is 4. The molecule has 0 atom stereocenters. The number of rotatable bonds is 4. The van der Waals surface area contributed by atoms with E-state index in [2.05, 4.69) is 11.3 Å². The van der Waals surface area contributed by atoms with Crippen molar-refractivity contribution in [3.05, 3.63) is 64.7 Å². The second-order valence-corrected chi connectivity index (χ2v) is 4.13. The Morgan fingerprint density at radius 3 is 2.33 bits per heavy atom. The fourth-order valence-electron chi connectivity index (χ4n) is 1.83. The van der Waals surface area contributed by atoms with Crippen molar-refractivity contribution in [3.63, 3.8) is 0 Å². The molecular weight excluding hydrogens is 274 g/mol. The lowest BCUT2D eigenvalue weighted by atomic mass is 10.0. The zero-order valence-corrected chi connectivity index (χ0v) is 10.9. The maximum Gasteiger partial charge on any atom is 0.511 e. The minimum absolute atomic E-state index is 0.307. The van der Waals surface area contributed by atoms with E-state index in [4.69, 9.17) is 5.11 Å². The standard InChI is InChI=1S/C15H11NO5/c1-2-10-3-5-11(6-4-10)12-7-8-14(21-15(17)18)13(9-12)16(19)20/h2-9H,1H2,(H,17,18). The first-order chi connectivity index (χ1) is 10.0. The number of benzene rings is 2. The minimum Gasteiger partial charge on any atom is -0.449 e. The van der Waals surface area contributed by atoms with Crippen LogP contribution in [-0.2, 0) is 0 Å². The summed E-state index contributed by atoms with van der Waals surface area (Å²) in [5.41, 5.74) is 1.89. The van der Waals surface area contributed by atoms with Crippen LogP contribution in [0.25, 0.3) is 17.2 Å². The molecule has 0 saturated heterocycles. The normalized spacial score (nSPS) is 9.90. The van der Waals surface area contributed by atoms with Crippen LogP contribution in [0.15, 0.2) is 49.0 Å². The number of carboxylic acid groups (broad SMARTS) is 1. The van der Waals surface area contributed by atoms with Crippen molar-refractivity contribution in [2.24, 2.45) is 0 Å². The predicted molar refractivity (Wildman–Crippen MR) is 77.3 cm³/mol. The molecule has 0 radical (unpaired) electrons. The molecule has 106 valence electrons. The molecule has 0 unspecified atom stereocenters. The maximum absolute atomic E-state index is 11.0. The van der Waals surface area contributed by atoms with E-state index < -0.39 is 16.8 Å². The third-order valence-electron chi connectivity index (χ3n) is 2.83. The topological polar surface area (TPSA) is 89.7 Å². The number of nitro benzene ring substituents is 1. The quantitative estimate of drug-likeness (QED) is 0.397. The van der Waals surface area contributed by atoms with Gasteiger partial charge in [0.25, 0.3) is 0 Å². The van der Waals surface area contributed by atoms with Gasteiger partial charge in [0, 0.05) is 6.07 Å². The SMILES string of the molecule is C=Cc1ccc(-c2ccc(OC(=O)O)c([N+](=O)[O-])c2)cc1. The van der Waals surface area contributed by atoms with Gasteiger partial charge < -0.3 is 9.84 Å². The molecule has 0 aliphatic carbocycles. The Bertz CT molecular complexity index is 707. The summed E-state index contributed by atoms with van der Waals surface area (Å²) in [5.74, 6) is -0.307. The highest BCUT2D eigenvalue weighted by Gasteiger charge is 2.18. The van der Waals surface area contributed by atoms with Gasteiger partial charge in [-0.05, 0) is 22.8 Å². The Morgan fingerprint density at radius 2 is 1.81 bits per heavy atom. The van der Waals surface area contributed by atoms with E-state index in [0.717, 1.165) is 11.1 Å². The average Bonchev–Trinajstić information content (AvgIpc) is 2.47. The Kier molecular flexibility index (Phi) is 3.99. The van der Waals surface area contributed by atoms with Crippen LogP contribution in [0.4, 0.5) is 10.5 Å². The van der Waals surface area contributed by atoms with Crippen LogP contribution in [-0.4, -0.2) is 16.2 Å². The molecular formula is C15H11NO5. The van der Waals surface area contributed by atoms with E-state index in [-0.39, 0.29) is 5.75 Å². The maximum atomic E-state index is 11.0. The highest BCUT2D eigenvalue weighted by molar-refractivity contribution is 5.72. The van der Waals surface area contributed by atoms with Gasteiger partial charge in [-0.15, -0.1) is 0 Å². The zero-order chi connectivity index (χ0) is 15.4. The lowest BCUT2D eigenvalue weighted by molar-refractivity contribution is -0.385. The first kappa shape index (κ1) is 14.3. The molecule has 0 amide bonds. The Balaban J connectivity index is 2.45. The largest absolute Gasteiger partial charge is 0.511 e.